The zero-order chi connectivity index (χ0) is 17.7. The summed E-state index contributed by atoms with van der Waals surface area (Å²) in [7, 11) is 0. The smallest absolute Gasteiger partial charge is 0.407 e. The largest absolute Gasteiger partial charge is 0.444 e. The minimum absolute atomic E-state index is 0.131. The van der Waals surface area contributed by atoms with E-state index in [4.69, 9.17) is 4.74 Å². The van der Waals surface area contributed by atoms with E-state index in [0.717, 1.165) is 6.07 Å². The first-order chi connectivity index (χ1) is 10.6. The quantitative estimate of drug-likeness (QED) is 0.841. The second kappa shape index (κ2) is 7.73. The summed E-state index contributed by atoms with van der Waals surface area (Å²) in [5, 5.41) is 12.4. The molecule has 0 aromatic heterocycles. The fourth-order valence-corrected chi connectivity index (χ4v) is 2.18. The van der Waals surface area contributed by atoms with Gasteiger partial charge in [-0.25, -0.2) is 13.6 Å². The molecule has 0 aliphatic carbocycles. The molecule has 1 atom stereocenters. The van der Waals surface area contributed by atoms with Crippen molar-refractivity contribution in [2.24, 2.45) is 5.41 Å². The summed E-state index contributed by atoms with van der Waals surface area (Å²) >= 11 is 0. The highest BCUT2D eigenvalue weighted by Gasteiger charge is 2.30. The molecule has 130 valence electrons. The van der Waals surface area contributed by atoms with Gasteiger partial charge in [0.15, 0.2) is 0 Å². The van der Waals surface area contributed by atoms with Crippen LogP contribution in [0.4, 0.5) is 13.6 Å². The summed E-state index contributed by atoms with van der Waals surface area (Å²) in [6, 6.07) is 3.35. The fourth-order valence-electron chi connectivity index (χ4n) is 2.18. The molecular formula is C17H25F2NO3. The molecule has 1 aromatic rings. The van der Waals surface area contributed by atoms with Crippen LogP contribution in [-0.2, 0) is 11.2 Å². The topological polar surface area (TPSA) is 58.6 Å². The van der Waals surface area contributed by atoms with Gasteiger partial charge in [0.05, 0.1) is 6.61 Å². The Morgan fingerprint density at radius 1 is 1.30 bits per heavy atom. The van der Waals surface area contributed by atoms with Crippen LogP contribution in [0.3, 0.4) is 0 Å². The van der Waals surface area contributed by atoms with Crippen LogP contribution in [0.1, 0.15) is 39.7 Å². The maximum Gasteiger partial charge on any atom is 0.407 e. The molecule has 0 radical (unpaired) electrons. The third-order valence-electron chi connectivity index (χ3n) is 3.67. The Morgan fingerprint density at radius 2 is 1.96 bits per heavy atom. The number of ether oxygens (including phenoxy) is 1. The van der Waals surface area contributed by atoms with Crippen molar-refractivity contribution in [3.63, 3.8) is 0 Å². The molecule has 0 aliphatic rings. The molecule has 2 N–H and O–H groups in total. The van der Waals surface area contributed by atoms with Crippen molar-refractivity contribution in [2.75, 3.05) is 13.2 Å². The zero-order valence-electron chi connectivity index (χ0n) is 14.1. The summed E-state index contributed by atoms with van der Waals surface area (Å²) in [5.74, 6) is -1.31. The van der Waals surface area contributed by atoms with E-state index < -0.39 is 28.7 Å². The first-order valence-electron chi connectivity index (χ1n) is 7.62. The van der Waals surface area contributed by atoms with E-state index in [9.17, 15) is 18.7 Å². The number of rotatable bonds is 6. The Kier molecular flexibility index (Phi) is 6.50. The Hall–Kier alpha value is -1.69. The van der Waals surface area contributed by atoms with Crippen LogP contribution in [0.2, 0.25) is 0 Å². The minimum Gasteiger partial charge on any atom is -0.444 e. The summed E-state index contributed by atoms with van der Waals surface area (Å²) < 4.78 is 32.0. The maximum atomic E-state index is 13.8. The predicted molar refractivity (Wildman–Crippen MR) is 84.1 cm³/mol. The third-order valence-corrected chi connectivity index (χ3v) is 3.67. The molecule has 23 heavy (non-hydrogen) atoms. The van der Waals surface area contributed by atoms with Crippen LogP contribution < -0.4 is 5.32 Å². The van der Waals surface area contributed by atoms with E-state index in [2.05, 4.69) is 5.32 Å². The van der Waals surface area contributed by atoms with Gasteiger partial charge in [0.2, 0.25) is 0 Å². The third kappa shape index (κ3) is 6.14. The van der Waals surface area contributed by atoms with Gasteiger partial charge >= 0.3 is 6.09 Å². The molecule has 0 fully saturated rings. The van der Waals surface area contributed by atoms with E-state index in [-0.39, 0.29) is 19.6 Å². The summed E-state index contributed by atoms with van der Waals surface area (Å²) in [6.07, 6.45) is 0.0984. The van der Waals surface area contributed by atoms with Gasteiger partial charge in [0.25, 0.3) is 0 Å². The van der Waals surface area contributed by atoms with Crippen molar-refractivity contribution in [3.05, 3.63) is 35.4 Å². The molecular weight excluding hydrogens is 304 g/mol. The van der Waals surface area contributed by atoms with Crippen molar-refractivity contribution in [3.8, 4) is 0 Å². The second-order valence-electron chi connectivity index (χ2n) is 6.78. The maximum absolute atomic E-state index is 13.8. The van der Waals surface area contributed by atoms with Gasteiger partial charge in [-0.3, -0.25) is 0 Å². The molecule has 1 aromatic carbocycles. The van der Waals surface area contributed by atoms with Crippen LogP contribution in [0.5, 0.6) is 0 Å². The fraction of sp³-hybridized carbons (Fsp3) is 0.588. The SMILES string of the molecule is CCC(CO)(CNC(=O)OC(C)(C)C)Cc1ccc(F)cc1F. The number of halogens is 2. The van der Waals surface area contributed by atoms with Crippen molar-refractivity contribution in [2.45, 2.75) is 46.1 Å². The molecule has 1 rings (SSSR count). The molecule has 4 nitrogen and oxygen atoms in total. The van der Waals surface area contributed by atoms with Gasteiger partial charge < -0.3 is 15.2 Å². The molecule has 1 unspecified atom stereocenters. The van der Waals surface area contributed by atoms with E-state index in [0.29, 0.717) is 12.0 Å². The number of nitrogens with one attached hydrogen (secondary N) is 1. The zero-order valence-corrected chi connectivity index (χ0v) is 14.1. The summed E-state index contributed by atoms with van der Waals surface area (Å²) in [5.41, 5.74) is -1.06. The monoisotopic (exact) mass is 329 g/mol. The molecule has 0 aliphatic heterocycles. The normalized spacial score (nSPS) is 14.2. The average molecular weight is 329 g/mol. The lowest BCUT2D eigenvalue weighted by molar-refractivity contribution is 0.0460. The van der Waals surface area contributed by atoms with Crippen LogP contribution in [0, 0.1) is 17.0 Å². The van der Waals surface area contributed by atoms with Crippen LogP contribution in [-0.4, -0.2) is 30.0 Å². The van der Waals surface area contributed by atoms with Crippen molar-refractivity contribution in [1.82, 2.24) is 5.32 Å². The van der Waals surface area contributed by atoms with Crippen LogP contribution >= 0.6 is 0 Å². The molecule has 0 saturated carbocycles. The number of amides is 1. The number of aliphatic hydroxyl groups is 1. The van der Waals surface area contributed by atoms with Crippen LogP contribution in [0.25, 0.3) is 0 Å². The Morgan fingerprint density at radius 3 is 2.43 bits per heavy atom. The highest BCUT2D eigenvalue weighted by molar-refractivity contribution is 5.67. The minimum atomic E-state index is -0.741. The molecule has 1 amide bonds. The van der Waals surface area contributed by atoms with Gasteiger partial charge in [0, 0.05) is 18.0 Å². The number of carbonyl (C=O) groups is 1. The Balaban J connectivity index is 2.80. The molecule has 6 heteroatoms. The van der Waals surface area contributed by atoms with Gasteiger partial charge in [-0.2, -0.15) is 0 Å². The van der Waals surface area contributed by atoms with Gasteiger partial charge in [0.1, 0.15) is 17.2 Å². The van der Waals surface area contributed by atoms with E-state index >= 15 is 0 Å². The van der Waals surface area contributed by atoms with Crippen LogP contribution in [0.15, 0.2) is 18.2 Å². The van der Waals surface area contributed by atoms with E-state index in [1.165, 1.54) is 12.1 Å². The first-order valence-corrected chi connectivity index (χ1v) is 7.62. The summed E-state index contributed by atoms with van der Waals surface area (Å²) in [6.45, 7) is 6.98. The lowest BCUT2D eigenvalue weighted by Crippen LogP contribution is -2.43. The van der Waals surface area contributed by atoms with Crippen molar-refractivity contribution >= 4 is 6.09 Å². The van der Waals surface area contributed by atoms with E-state index in [1.807, 2.05) is 6.92 Å². The van der Waals surface area contributed by atoms with Crippen molar-refractivity contribution in [1.29, 1.82) is 0 Å². The van der Waals surface area contributed by atoms with Gasteiger partial charge in [-0.1, -0.05) is 13.0 Å². The highest BCUT2D eigenvalue weighted by atomic mass is 19.1. The number of aliphatic hydroxyl groups excluding tert-OH is 1. The molecule has 0 saturated heterocycles. The summed E-state index contributed by atoms with van der Waals surface area (Å²) in [4.78, 5) is 11.8. The lowest BCUT2D eigenvalue weighted by Gasteiger charge is -2.31. The average Bonchev–Trinajstić information content (AvgIpc) is 2.44. The number of hydrogen-bond acceptors (Lipinski definition) is 3. The van der Waals surface area contributed by atoms with Gasteiger partial charge in [-0.15, -0.1) is 0 Å². The Bertz CT molecular complexity index is 537. The number of alkyl carbamates (subject to hydrolysis) is 1. The Labute approximate surface area is 135 Å². The lowest BCUT2D eigenvalue weighted by atomic mass is 9.79. The highest BCUT2D eigenvalue weighted by Crippen LogP contribution is 2.27. The van der Waals surface area contributed by atoms with E-state index in [1.54, 1.807) is 20.8 Å². The first kappa shape index (κ1) is 19.4. The number of benzene rings is 1. The molecule has 0 heterocycles. The molecule has 0 bridgehead atoms. The molecule has 0 spiro atoms. The predicted octanol–water partition coefficient (Wildman–Crippen LogP) is 3.42. The van der Waals surface area contributed by atoms with Gasteiger partial charge in [-0.05, 0) is 45.2 Å². The number of hydrogen-bond donors (Lipinski definition) is 2. The standard InChI is InChI=1S/C17H25F2NO3/c1-5-17(11-21,10-20-15(22)23-16(2,3)4)9-12-6-7-13(18)8-14(12)19/h6-8,21H,5,9-11H2,1-4H3,(H,20,22). The van der Waals surface area contributed by atoms with Crippen molar-refractivity contribution < 1.29 is 23.4 Å². The second-order valence-corrected chi connectivity index (χ2v) is 6.78. The number of carbonyl (C=O) groups excluding carboxylic acids is 1.